The van der Waals surface area contributed by atoms with Crippen molar-refractivity contribution in [1.82, 2.24) is 0 Å². The van der Waals surface area contributed by atoms with Gasteiger partial charge in [-0.05, 0) is 93.2 Å². The van der Waals surface area contributed by atoms with Gasteiger partial charge in [0.15, 0.2) is 0 Å². The van der Waals surface area contributed by atoms with Crippen molar-refractivity contribution in [3.05, 3.63) is 200 Å². The minimum absolute atomic E-state index is 0.852. The summed E-state index contributed by atoms with van der Waals surface area (Å²) in [5.74, 6) is 1.71. The van der Waals surface area contributed by atoms with Crippen LogP contribution in [0.2, 0.25) is 0 Å². The van der Waals surface area contributed by atoms with Gasteiger partial charge in [0, 0.05) is 44.5 Å². The summed E-state index contributed by atoms with van der Waals surface area (Å²) in [7, 11) is 0. The maximum absolute atomic E-state index is 6.70. The lowest BCUT2D eigenvalue weighted by Gasteiger charge is -2.27. The Bertz CT molecular complexity index is 3050. The zero-order valence-electron chi connectivity index (χ0n) is 29.8. The number of ether oxygens (including phenoxy) is 1. The normalized spacial score (nSPS) is 11.8. The van der Waals surface area contributed by atoms with Crippen LogP contribution in [0.3, 0.4) is 0 Å². The first-order valence-electron chi connectivity index (χ1n) is 18.7. The third-order valence-corrected chi connectivity index (χ3v) is 10.9. The predicted octanol–water partition coefficient (Wildman–Crippen LogP) is 15.0. The molecule has 9 aromatic carbocycles. The summed E-state index contributed by atoms with van der Waals surface area (Å²) in [5, 5.41) is 4.59. The maximum atomic E-state index is 6.70. The molecule has 0 saturated heterocycles. The number of para-hydroxylation sites is 3. The van der Waals surface area contributed by atoms with E-state index in [9.17, 15) is 0 Å². The van der Waals surface area contributed by atoms with Crippen molar-refractivity contribution in [3.63, 3.8) is 0 Å². The highest BCUT2D eigenvalue weighted by Crippen LogP contribution is 2.51. The zero-order chi connectivity index (χ0) is 36.3. The fraction of sp³-hybridized carbons (Fsp3) is 0. The van der Waals surface area contributed by atoms with Crippen molar-refractivity contribution in [2.45, 2.75) is 0 Å². The van der Waals surface area contributed by atoms with Crippen LogP contribution < -0.4 is 9.64 Å². The number of hydrogen-bond acceptors (Lipinski definition) is 3. The Kier molecular flexibility index (Phi) is 7.17. The van der Waals surface area contributed by atoms with Gasteiger partial charge in [0.2, 0.25) is 0 Å². The van der Waals surface area contributed by atoms with Crippen LogP contribution in [0.4, 0.5) is 17.1 Å². The van der Waals surface area contributed by atoms with Gasteiger partial charge in [-0.1, -0.05) is 146 Å². The second-order valence-corrected chi connectivity index (χ2v) is 14.1. The molecule has 0 saturated carbocycles. The first kappa shape index (κ1) is 31.2. The van der Waals surface area contributed by atoms with E-state index in [4.69, 9.17) is 9.15 Å². The molecule has 3 heteroatoms. The molecule has 0 radical (unpaired) electrons. The average Bonchev–Trinajstić information content (AvgIpc) is 3.57. The lowest BCUT2D eigenvalue weighted by Crippen LogP contribution is -2.10. The van der Waals surface area contributed by atoms with E-state index in [-0.39, 0.29) is 0 Å². The van der Waals surface area contributed by atoms with E-state index < -0.39 is 0 Å². The quantitative estimate of drug-likeness (QED) is 0.178. The predicted molar refractivity (Wildman–Crippen MR) is 228 cm³/mol. The van der Waals surface area contributed by atoms with Crippen LogP contribution in [0.15, 0.2) is 205 Å². The molecule has 0 atom stereocenters. The molecule has 1 aliphatic rings. The molecular weight excluding hydrogens is 671 g/mol. The molecule has 0 aliphatic carbocycles. The molecular formula is C52H33NO2. The summed E-state index contributed by atoms with van der Waals surface area (Å²) in [6.45, 7) is 0. The number of fused-ring (bicyclic) bond motifs is 10. The van der Waals surface area contributed by atoms with Crippen molar-refractivity contribution in [3.8, 4) is 56.0 Å². The zero-order valence-corrected chi connectivity index (χ0v) is 29.8. The summed E-state index contributed by atoms with van der Waals surface area (Å²) >= 11 is 0. The molecule has 55 heavy (non-hydrogen) atoms. The van der Waals surface area contributed by atoms with E-state index >= 15 is 0 Å². The van der Waals surface area contributed by atoms with Gasteiger partial charge in [-0.3, -0.25) is 0 Å². The molecule has 0 N–H and O–H groups in total. The van der Waals surface area contributed by atoms with E-state index in [1.165, 1.54) is 16.5 Å². The summed E-state index contributed by atoms with van der Waals surface area (Å²) < 4.78 is 13.1. The molecule has 1 aromatic heterocycles. The van der Waals surface area contributed by atoms with Crippen molar-refractivity contribution in [2.75, 3.05) is 4.90 Å². The van der Waals surface area contributed by atoms with E-state index in [0.29, 0.717) is 0 Å². The van der Waals surface area contributed by atoms with Crippen LogP contribution in [0.5, 0.6) is 11.5 Å². The number of rotatable bonds is 5. The van der Waals surface area contributed by atoms with Crippen LogP contribution >= 0.6 is 0 Å². The first-order chi connectivity index (χ1) is 27.3. The lowest BCUT2D eigenvalue weighted by molar-refractivity contribution is 0.488. The second kappa shape index (κ2) is 12.6. The Morgan fingerprint density at radius 1 is 0.345 bits per heavy atom. The monoisotopic (exact) mass is 703 g/mol. The molecule has 10 aromatic rings. The minimum atomic E-state index is 0.852. The number of furan rings is 1. The molecule has 3 nitrogen and oxygen atoms in total. The van der Waals surface area contributed by atoms with Gasteiger partial charge >= 0.3 is 0 Å². The summed E-state index contributed by atoms with van der Waals surface area (Å²) in [5.41, 5.74) is 14.0. The third kappa shape index (κ3) is 5.20. The SMILES string of the molecule is c1ccc(-c2ccc(N(c3ccc(-c4cccc5c4oc4ccccc45)cc3)c3ccc4c(c3)-c3c(ccc5ccccc35)Oc3ccccc3-4)cc2)cc1. The number of benzene rings is 9. The van der Waals surface area contributed by atoms with Gasteiger partial charge in [-0.25, -0.2) is 0 Å². The fourth-order valence-electron chi connectivity index (χ4n) is 8.27. The minimum Gasteiger partial charge on any atom is -0.456 e. The highest BCUT2D eigenvalue weighted by Gasteiger charge is 2.25. The fourth-order valence-corrected chi connectivity index (χ4v) is 8.27. The van der Waals surface area contributed by atoms with Crippen LogP contribution in [0.1, 0.15) is 0 Å². The highest BCUT2D eigenvalue weighted by atomic mass is 16.5. The van der Waals surface area contributed by atoms with Gasteiger partial charge in [0.05, 0.1) is 0 Å². The molecule has 0 fully saturated rings. The van der Waals surface area contributed by atoms with Gasteiger partial charge in [-0.2, -0.15) is 0 Å². The molecule has 2 heterocycles. The van der Waals surface area contributed by atoms with E-state index in [1.54, 1.807) is 0 Å². The average molecular weight is 704 g/mol. The van der Waals surface area contributed by atoms with Crippen molar-refractivity contribution >= 4 is 49.8 Å². The van der Waals surface area contributed by atoms with Gasteiger partial charge < -0.3 is 14.1 Å². The number of anilines is 3. The summed E-state index contributed by atoms with van der Waals surface area (Å²) in [4.78, 5) is 2.35. The second-order valence-electron chi connectivity index (χ2n) is 14.1. The van der Waals surface area contributed by atoms with E-state index in [2.05, 4.69) is 187 Å². The van der Waals surface area contributed by atoms with Crippen molar-refractivity contribution in [2.24, 2.45) is 0 Å². The molecule has 0 bridgehead atoms. The molecule has 0 spiro atoms. The summed E-state index contributed by atoms with van der Waals surface area (Å²) in [6, 6.07) is 70.9. The van der Waals surface area contributed by atoms with E-state index in [1.807, 2.05) is 18.2 Å². The standard InChI is InChI=1S/C52H33NO2/c1-2-11-34(12-3-1)35-21-26-38(27-22-35)53(39-28-23-37(24-29-39)42-17-10-18-46-45-16-7-9-20-49(45)55-52(42)46)40-30-31-43-44-15-6-8-19-48(44)54-50-32-25-36-13-4-5-14-41(36)51(50)47(43)33-40/h1-33H. The smallest absolute Gasteiger partial charge is 0.143 e. The van der Waals surface area contributed by atoms with Crippen LogP contribution in [0, 0.1) is 0 Å². The third-order valence-electron chi connectivity index (χ3n) is 10.9. The number of nitrogens with zero attached hydrogens (tertiary/aromatic N) is 1. The lowest BCUT2D eigenvalue weighted by atomic mass is 9.90. The largest absolute Gasteiger partial charge is 0.456 e. The van der Waals surface area contributed by atoms with Gasteiger partial charge in [-0.15, -0.1) is 0 Å². The Hall–Kier alpha value is -7.36. The van der Waals surface area contributed by atoms with Gasteiger partial charge in [0.1, 0.15) is 22.7 Å². The topological polar surface area (TPSA) is 25.6 Å². The van der Waals surface area contributed by atoms with Crippen LogP contribution in [-0.4, -0.2) is 0 Å². The highest BCUT2D eigenvalue weighted by molar-refractivity contribution is 6.10. The molecule has 0 unspecified atom stereocenters. The Labute approximate surface area is 318 Å². The Morgan fingerprint density at radius 3 is 1.82 bits per heavy atom. The van der Waals surface area contributed by atoms with Crippen molar-refractivity contribution in [1.29, 1.82) is 0 Å². The maximum Gasteiger partial charge on any atom is 0.143 e. The molecule has 0 amide bonds. The molecule has 11 rings (SSSR count). The van der Waals surface area contributed by atoms with E-state index in [0.717, 1.165) is 89.3 Å². The number of hydrogen-bond donors (Lipinski definition) is 0. The summed E-state index contributed by atoms with van der Waals surface area (Å²) in [6.07, 6.45) is 0. The Morgan fingerprint density at radius 2 is 0.982 bits per heavy atom. The van der Waals surface area contributed by atoms with Gasteiger partial charge in [0.25, 0.3) is 0 Å². The molecule has 258 valence electrons. The molecule has 1 aliphatic heterocycles. The van der Waals surface area contributed by atoms with Crippen LogP contribution in [-0.2, 0) is 0 Å². The van der Waals surface area contributed by atoms with Crippen molar-refractivity contribution < 1.29 is 9.15 Å². The Balaban J connectivity index is 1.09. The van der Waals surface area contributed by atoms with Crippen LogP contribution in [0.25, 0.3) is 77.2 Å². The first-order valence-corrected chi connectivity index (χ1v) is 18.7.